The van der Waals surface area contributed by atoms with Crippen molar-refractivity contribution in [3.05, 3.63) is 24.3 Å². The molecule has 16 heavy (non-hydrogen) atoms. The van der Waals surface area contributed by atoms with Crippen LogP contribution in [0.2, 0.25) is 0 Å². The van der Waals surface area contributed by atoms with Gasteiger partial charge in [-0.05, 0) is 26.0 Å². The molecular weight excluding hydrogens is 227 g/mol. The minimum atomic E-state index is -0.998. The summed E-state index contributed by atoms with van der Waals surface area (Å²) in [6, 6.07) is 6.67. The molecule has 1 aromatic rings. The molecule has 0 amide bonds. The monoisotopic (exact) mass is 244 g/mol. The molecule has 0 saturated carbocycles. The Bertz CT molecular complexity index is 300. The van der Waals surface area contributed by atoms with Crippen LogP contribution in [0.4, 0.5) is 0 Å². The second kappa shape index (κ2) is 7.44. The maximum absolute atomic E-state index is 9.25. The summed E-state index contributed by atoms with van der Waals surface area (Å²) in [6.07, 6.45) is 0.375. The van der Waals surface area contributed by atoms with E-state index in [2.05, 4.69) is 0 Å². The summed E-state index contributed by atoms with van der Waals surface area (Å²) in [5.41, 5.74) is 0. The van der Waals surface area contributed by atoms with Crippen LogP contribution in [-0.4, -0.2) is 24.7 Å². The Kier molecular flexibility index (Phi) is 6.16. The first-order chi connectivity index (χ1) is 7.76. The zero-order chi connectivity index (χ0) is 11.8. The second-order valence-corrected chi connectivity index (χ2v) is 4.38. The van der Waals surface area contributed by atoms with E-state index in [9.17, 15) is 5.11 Å². The normalized spacial score (nSPS) is 10.7. The average molecular weight is 244 g/mol. The van der Waals surface area contributed by atoms with Gasteiger partial charge < -0.3 is 18.9 Å². The highest BCUT2D eigenvalue weighted by Crippen LogP contribution is 2.38. The molecule has 0 bridgehead atoms. The number of ether oxygens (including phenoxy) is 1. The van der Waals surface area contributed by atoms with Crippen molar-refractivity contribution in [2.75, 3.05) is 19.6 Å². The molecule has 0 aliphatic carbocycles. The minimum Gasteiger partial charge on any atom is -0.508 e. The summed E-state index contributed by atoms with van der Waals surface area (Å²) in [6.45, 7) is 5.05. The molecule has 0 unspecified atom stereocenters. The molecule has 4 nitrogen and oxygen atoms in total. The van der Waals surface area contributed by atoms with E-state index in [0.29, 0.717) is 25.3 Å². The fraction of sp³-hybridized carbons (Fsp3) is 0.455. The molecule has 0 fully saturated rings. The lowest BCUT2D eigenvalue weighted by molar-refractivity contribution is 0.243. The van der Waals surface area contributed by atoms with Crippen LogP contribution in [0.3, 0.4) is 0 Å². The van der Waals surface area contributed by atoms with Crippen molar-refractivity contribution in [3.8, 4) is 11.5 Å². The van der Waals surface area contributed by atoms with Gasteiger partial charge in [-0.15, -0.1) is 0 Å². The second-order valence-electron chi connectivity index (χ2n) is 2.94. The van der Waals surface area contributed by atoms with Gasteiger partial charge in [-0.1, -0.05) is 6.07 Å². The van der Waals surface area contributed by atoms with Crippen LogP contribution < -0.4 is 4.74 Å². The van der Waals surface area contributed by atoms with Crippen molar-refractivity contribution < 1.29 is 18.9 Å². The number of hydrogen-bond donors (Lipinski definition) is 1. The van der Waals surface area contributed by atoms with Gasteiger partial charge in [0.05, 0.1) is 13.2 Å². The Morgan fingerprint density at radius 1 is 1.19 bits per heavy atom. The van der Waals surface area contributed by atoms with E-state index >= 15 is 0 Å². The summed E-state index contributed by atoms with van der Waals surface area (Å²) < 4.78 is 16.3. The van der Waals surface area contributed by atoms with E-state index in [4.69, 9.17) is 13.8 Å². The largest absolute Gasteiger partial charge is 0.508 e. The molecule has 0 aliphatic heterocycles. The minimum absolute atomic E-state index is 0.189. The van der Waals surface area contributed by atoms with Gasteiger partial charge in [0.2, 0.25) is 8.38 Å². The highest BCUT2D eigenvalue weighted by molar-refractivity contribution is 7.47. The molecule has 1 rings (SSSR count). The van der Waals surface area contributed by atoms with Gasteiger partial charge in [-0.2, -0.15) is 0 Å². The summed E-state index contributed by atoms with van der Waals surface area (Å²) in [5.74, 6) is 0.807. The van der Waals surface area contributed by atoms with Gasteiger partial charge in [0.15, 0.2) is 6.35 Å². The molecule has 0 aliphatic rings. The van der Waals surface area contributed by atoms with E-state index < -0.39 is 8.38 Å². The summed E-state index contributed by atoms with van der Waals surface area (Å²) in [5, 5.41) is 9.25. The van der Waals surface area contributed by atoms with Crippen LogP contribution in [0.1, 0.15) is 13.8 Å². The molecule has 0 heterocycles. The lowest BCUT2D eigenvalue weighted by Gasteiger charge is -2.16. The van der Waals surface area contributed by atoms with Gasteiger partial charge in [0.1, 0.15) is 11.5 Å². The van der Waals surface area contributed by atoms with E-state index in [1.165, 1.54) is 0 Å². The zero-order valence-corrected chi connectivity index (χ0v) is 10.4. The van der Waals surface area contributed by atoms with E-state index in [0.717, 1.165) is 0 Å². The number of aromatic hydroxyl groups is 1. The molecule has 0 aromatic heterocycles. The van der Waals surface area contributed by atoms with E-state index in [1.54, 1.807) is 24.3 Å². The summed E-state index contributed by atoms with van der Waals surface area (Å²) >= 11 is 0. The van der Waals surface area contributed by atoms with Crippen molar-refractivity contribution in [2.45, 2.75) is 13.8 Å². The van der Waals surface area contributed by atoms with Crippen LogP contribution in [0, 0.1) is 0 Å². The molecule has 0 atom stereocenters. The molecule has 0 radical (unpaired) electrons. The van der Waals surface area contributed by atoms with Crippen molar-refractivity contribution >= 4 is 8.38 Å². The standard InChI is InChI=1S/C11H17O4P/c1-3-14-16(15-4-2)9-13-11-7-5-6-10(12)8-11/h5-8,12H,3-4,9H2,1-2H3. The van der Waals surface area contributed by atoms with Gasteiger partial charge >= 0.3 is 0 Å². The first-order valence-corrected chi connectivity index (χ1v) is 6.57. The fourth-order valence-electron chi connectivity index (χ4n) is 1.10. The quantitative estimate of drug-likeness (QED) is 0.748. The number of rotatable bonds is 7. The molecule has 0 spiro atoms. The fourth-order valence-corrected chi connectivity index (χ4v) is 2.15. The predicted molar refractivity (Wildman–Crippen MR) is 63.8 cm³/mol. The highest BCUT2D eigenvalue weighted by atomic mass is 31.2. The molecule has 1 N–H and O–H groups in total. The SMILES string of the molecule is CCOP(COc1cccc(O)c1)OCC. The Morgan fingerprint density at radius 3 is 2.44 bits per heavy atom. The molecule has 1 aromatic carbocycles. The van der Waals surface area contributed by atoms with Crippen LogP contribution in [0.5, 0.6) is 11.5 Å². The third-order valence-electron chi connectivity index (χ3n) is 1.70. The Balaban J connectivity index is 2.41. The van der Waals surface area contributed by atoms with E-state index in [-0.39, 0.29) is 5.75 Å². The van der Waals surface area contributed by atoms with Crippen LogP contribution >= 0.6 is 8.38 Å². The van der Waals surface area contributed by atoms with Gasteiger partial charge in [0.25, 0.3) is 0 Å². The first-order valence-electron chi connectivity index (χ1n) is 5.21. The summed E-state index contributed by atoms with van der Waals surface area (Å²) in [7, 11) is -0.998. The van der Waals surface area contributed by atoms with Crippen LogP contribution in [0.25, 0.3) is 0 Å². The molecular formula is C11H17O4P. The van der Waals surface area contributed by atoms with Crippen molar-refractivity contribution in [3.63, 3.8) is 0 Å². The maximum Gasteiger partial charge on any atom is 0.211 e. The number of phenols is 1. The topological polar surface area (TPSA) is 47.9 Å². The Morgan fingerprint density at radius 2 is 1.88 bits per heavy atom. The highest BCUT2D eigenvalue weighted by Gasteiger charge is 2.10. The van der Waals surface area contributed by atoms with Crippen molar-refractivity contribution in [2.24, 2.45) is 0 Å². The smallest absolute Gasteiger partial charge is 0.211 e. The average Bonchev–Trinajstić information content (AvgIpc) is 2.27. The zero-order valence-electron chi connectivity index (χ0n) is 9.55. The Labute approximate surface area is 97.1 Å². The van der Waals surface area contributed by atoms with Crippen molar-refractivity contribution in [1.82, 2.24) is 0 Å². The molecule has 90 valence electrons. The molecule has 5 heteroatoms. The van der Waals surface area contributed by atoms with E-state index in [1.807, 2.05) is 13.8 Å². The lowest BCUT2D eigenvalue weighted by atomic mass is 10.3. The third kappa shape index (κ3) is 4.79. The Hall–Kier alpha value is -0.830. The van der Waals surface area contributed by atoms with Gasteiger partial charge in [-0.25, -0.2) is 0 Å². The van der Waals surface area contributed by atoms with Crippen LogP contribution in [0.15, 0.2) is 24.3 Å². The van der Waals surface area contributed by atoms with Crippen molar-refractivity contribution in [1.29, 1.82) is 0 Å². The number of hydrogen-bond acceptors (Lipinski definition) is 4. The maximum atomic E-state index is 9.25. The number of phenolic OH excluding ortho intramolecular Hbond substituents is 1. The van der Waals surface area contributed by atoms with Gasteiger partial charge in [-0.3, -0.25) is 0 Å². The molecule has 0 saturated heterocycles. The predicted octanol–water partition coefficient (Wildman–Crippen LogP) is 3.11. The number of benzene rings is 1. The third-order valence-corrected chi connectivity index (χ3v) is 3.13. The van der Waals surface area contributed by atoms with Crippen LogP contribution in [-0.2, 0) is 9.05 Å². The lowest BCUT2D eigenvalue weighted by Crippen LogP contribution is -2.01. The first kappa shape index (κ1) is 13.2. The van der Waals surface area contributed by atoms with Gasteiger partial charge in [0, 0.05) is 6.07 Å². The summed E-state index contributed by atoms with van der Waals surface area (Å²) in [4.78, 5) is 0.